The second kappa shape index (κ2) is 6.15. The van der Waals surface area contributed by atoms with Crippen LogP contribution in [0.15, 0.2) is 36.7 Å². The third-order valence-electron chi connectivity index (χ3n) is 2.88. The Bertz CT molecular complexity index is 531. The summed E-state index contributed by atoms with van der Waals surface area (Å²) < 4.78 is 10.7. The maximum Gasteiger partial charge on any atom is 0.149 e. The molecule has 1 N–H and O–H groups in total. The van der Waals surface area contributed by atoms with Crippen LogP contribution in [-0.2, 0) is 0 Å². The first-order valence-corrected chi connectivity index (χ1v) is 5.96. The minimum Gasteiger partial charge on any atom is -0.497 e. The molecule has 2 rings (SSSR count). The third kappa shape index (κ3) is 2.82. The zero-order chi connectivity index (χ0) is 13.7. The van der Waals surface area contributed by atoms with Crippen LogP contribution in [0.1, 0.15) is 17.4 Å². The van der Waals surface area contributed by atoms with Gasteiger partial charge in [0.25, 0.3) is 0 Å². The molecule has 1 aromatic heterocycles. The van der Waals surface area contributed by atoms with E-state index < -0.39 is 0 Å². The van der Waals surface area contributed by atoms with E-state index in [1.807, 2.05) is 25.2 Å². The molecule has 0 amide bonds. The highest BCUT2D eigenvalue weighted by atomic mass is 16.5. The minimum absolute atomic E-state index is 0.147. The van der Waals surface area contributed by atoms with Gasteiger partial charge in [-0.25, -0.2) is 9.97 Å². The summed E-state index contributed by atoms with van der Waals surface area (Å²) in [4.78, 5) is 8.57. The topological polar surface area (TPSA) is 56.3 Å². The standard InChI is InChI=1S/C14H17N3O2/c1-15-13(14-16-7-4-8-17-14)11-9-10(18-2)5-6-12(11)19-3/h4-9,13,15H,1-3H3. The lowest BCUT2D eigenvalue weighted by atomic mass is 10.0. The first-order chi connectivity index (χ1) is 9.30. The number of benzene rings is 1. The summed E-state index contributed by atoms with van der Waals surface area (Å²) in [6.07, 6.45) is 3.44. The summed E-state index contributed by atoms with van der Waals surface area (Å²) in [6.45, 7) is 0. The molecule has 1 unspecified atom stereocenters. The Labute approximate surface area is 112 Å². The van der Waals surface area contributed by atoms with Crippen molar-refractivity contribution in [3.63, 3.8) is 0 Å². The van der Waals surface area contributed by atoms with Crippen molar-refractivity contribution in [3.05, 3.63) is 48.0 Å². The second-order valence-electron chi connectivity index (χ2n) is 3.94. The van der Waals surface area contributed by atoms with E-state index in [1.54, 1.807) is 32.7 Å². The van der Waals surface area contributed by atoms with Crippen LogP contribution in [0.3, 0.4) is 0 Å². The Morgan fingerprint density at radius 3 is 2.42 bits per heavy atom. The second-order valence-corrected chi connectivity index (χ2v) is 3.94. The van der Waals surface area contributed by atoms with Crippen molar-refractivity contribution < 1.29 is 9.47 Å². The molecule has 2 aromatic rings. The van der Waals surface area contributed by atoms with Gasteiger partial charge in [0.1, 0.15) is 17.3 Å². The molecule has 0 radical (unpaired) electrons. The predicted octanol–water partition coefficient (Wildman–Crippen LogP) is 1.80. The number of rotatable bonds is 5. The van der Waals surface area contributed by atoms with Crippen molar-refractivity contribution in [2.24, 2.45) is 0 Å². The SMILES string of the molecule is CNC(c1ncccn1)c1cc(OC)ccc1OC. The van der Waals surface area contributed by atoms with E-state index in [-0.39, 0.29) is 6.04 Å². The fraction of sp³-hybridized carbons (Fsp3) is 0.286. The van der Waals surface area contributed by atoms with Crippen molar-refractivity contribution in [3.8, 4) is 11.5 Å². The van der Waals surface area contributed by atoms with Crippen molar-refractivity contribution in [2.75, 3.05) is 21.3 Å². The third-order valence-corrected chi connectivity index (χ3v) is 2.88. The van der Waals surface area contributed by atoms with Crippen LogP contribution < -0.4 is 14.8 Å². The average molecular weight is 259 g/mol. The Balaban J connectivity index is 2.48. The van der Waals surface area contributed by atoms with E-state index in [2.05, 4.69) is 15.3 Å². The molecule has 1 heterocycles. The molecule has 19 heavy (non-hydrogen) atoms. The van der Waals surface area contributed by atoms with E-state index in [1.165, 1.54) is 0 Å². The van der Waals surface area contributed by atoms with Crippen LogP contribution in [0.4, 0.5) is 0 Å². The Morgan fingerprint density at radius 2 is 1.84 bits per heavy atom. The molecule has 1 atom stereocenters. The van der Waals surface area contributed by atoms with Gasteiger partial charge in [0.15, 0.2) is 0 Å². The summed E-state index contributed by atoms with van der Waals surface area (Å²) in [6, 6.07) is 7.31. The summed E-state index contributed by atoms with van der Waals surface area (Å²) >= 11 is 0. The van der Waals surface area contributed by atoms with Crippen molar-refractivity contribution in [1.29, 1.82) is 0 Å². The highest BCUT2D eigenvalue weighted by Crippen LogP contribution is 2.31. The van der Waals surface area contributed by atoms with E-state index >= 15 is 0 Å². The van der Waals surface area contributed by atoms with E-state index in [0.29, 0.717) is 5.82 Å². The Hall–Kier alpha value is -2.14. The maximum atomic E-state index is 5.40. The Morgan fingerprint density at radius 1 is 1.11 bits per heavy atom. The number of nitrogens with one attached hydrogen (secondary N) is 1. The van der Waals surface area contributed by atoms with E-state index in [0.717, 1.165) is 17.1 Å². The zero-order valence-corrected chi connectivity index (χ0v) is 11.3. The molecule has 0 aliphatic heterocycles. The lowest BCUT2D eigenvalue weighted by molar-refractivity contribution is 0.394. The van der Waals surface area contributed by atoms with Crippen molar-refractivity contribution >= 4 is 0 Å². The van der Waals surface area contributed by atoms with Crippen LogP contribution in [-0.4, -0.2) is 31.2 Å². The van der Waals surface area contributed by atoms with Crippen LogP contribution in [0.5, 0.6) is 11.5 Å². The molecule has 0 saturated heterocycles. The van der Waals surface area contributed by atoms with Gasteiger partial charge >= 0.3 is 0 Å². The molecule has 0 aliphatic carbocycles. The molecule has 1 aromatic carbocycles. The molecular formula is C14H17N3O2. The fourth-order valence-corrected chi connectivity index (χ4v) is 1.95. The van der Waals surface area contributed by atoms with Crippen LogP contribution in [0.25, 0.3) is 0 Å². The molecule has 0 fully saturated rings. The molecular weight excluding hydrogens is 242 g/mol. The zero-order valence-electron chi connectivity index (χ0n) is 11.3. The van der Waals surface area contributed by atoms with Gasteiger partial charge in [-0.2, -0.15) is 0 Å². The van der Waals surface area contributed by atoms with Crippen LogP contribution in [0.2, 0.25) is 0 Å². The van der Waals surface area contributed by atoms with Crippen LogP contribution >= 0.6 is 0 Å². The van der Waals surface area contributed by atoms with E-state index in [4.69, 9.17) is 9.47 Å². The molecule has 0 aliphatic rings. The molecule has 100 valence electrons. The lowest BCUT2D eigenvalue weighted by Crippen LogP contribution is -2.20. The summed E-state index contributed by atoms with van der Waals surface area (Å²) in [5.74, 6) is 2.23. The smallest absolute Gasteiger partial charge is 0.149 e. The minimum atomic E-state index is -0.147. The van der Waals surface area contributed by atoms with Crippen molar-refractivity contribution in [1.82, 2.24) is 15.3 Å². The number of hydrogen-bond donors (Lipinski definition) is 1. The fourth-order valence-electron chi connectivity index (χ4n) is 1.95. The maximum absolute atomic E-state index is 5.40. The molecule has 5 heteroatoms. The summed E-state index contributed by atoms with van der Waals surface area (Å²) in [5.41, 5.74) is 0.940. The monoisotopic (exact) mass is 259 g/mol. The first kappa shape index (κ1) is 13.3. The first-order valence-electron chi connectivity index (χ1n) is 5.96. The summed E-state index contributed by atoms with van der Waals surface area (Å²) in [5, 5.41) is 3.20. The van der Waals surface area contributed by atoms with Gasteiger partial charge in [-0.05, 0) is 31.3 Å². The van der Waals surface area contributed by atoms with Gasteiger partial charge in [-0.3, -0.25) is 0 Å². The van der Waals surface area contributed by atoms with Gasteiger partial charge in [0, 0.05) is 18.0 Å². The highest BCUT2D eigenvalue weighted by molar-refractivity contribution is 5.44. The largest absolute Gasteiger partial charge is 0.497 e. The molecule has 5 nitrogen and oxygen atoms in total. The number of methoxy groups -OCH3 is 2. The van der Waals surface area contributed by atoms with Gasteiger partial charge in [-0.1, -0.05) is 0 Å². The molecule has 0 spiro atoms. The van der Waals surface area contributed by atoms with Crippen LogP contribution in [0, 0.1) is 0 Å². The number of ether oxygens (including phenoxy) is 2. The van der Waals surface area contributed by atoms with Gasteiger partial charge in [0.2, 0.25) is 0 Å². The number of aromatic nitrogens is 2. The molecule has 0 bridgehead atoms. The predicted molar refractivity (Wildman–Crippen MR) is 72.5 cm³/mol. The van der Waals surface area contributed by atoms with Gasteiger partial charge in [0.05, 0.1) is 20.3 Å². The lowest BCUT2D eigenvalue weighted by Gasteiger charge is -2.18. The van der Waals surface area contributed by atoms with Crippen molar-refractivity contribution in [2.45, 2.75) is 6.04 Å². The average Bonchev–Trinajstić information content (AvgIpc) is 2.49. The Kier molecular flexibility index (Phi) is 4.30. The quantitative estimate of drug-likeness (QED) is 0.887. The summed E-state index contributed by atoms with van der Waals surface area (Å²) in [7, 11) is 5.14. The highest BCUT2D eigenvalue weighted by Gasteiger charge is 2.19. The number of nitrogens with zero attached hydrogens (tertiary/aromatic N) is 2. The number of hydrogen-bond acceptors (Lipinski definition) is 5. The van der Waals surface area contributed by atoms with E-state index in [9.17, 15) is 0 Å². The molecule has 0 saturated carbocycles. The van der Waals surface area contributed by atoms with Gasteiger partial charge < -0.3 is 14.8 Å². The van der Waals surface area contributed by atoms with Gasteiger partial charge in [-0.15, -0.1) is 0 Å². The normalized spacial score (nSPS) is 11.9.